The minimum Gasteiger partial charge on any atom is -0.463 e. The van der Waals surface area contributed by atoms with Crippen molar-refractivity contribution < 1.29 is 75.8 Å². The minimum absolute atomic E-state index is 0.0504. The number of phosphoric ester groups is 2. The van der Waals surface area contributed by atoms with E-state index in [0.29, 0.717) is 19.3 Å². The van der Waals surface area contributed by atoms with Crippen molar-refractivity contribution in [2.45, 2.75) is 283 Å². The molecule has 0 rings (SSSR count). The molecule has 0 amide bonds. The molecule has 0 bridgehead atoms. The third-order valence-electron chi connectivity index (χ3n) is 15.1. The molecule has 0 spiro atoms. The highest BCUT2D eigenvalue weighted by Gasteiger charge is 2.29. The number of aliphatic hydroxyl groups excluding tert-OH is 2. The highest BCUT2D eigenvalue weighted by molar-refractivity contribution is 7.47. The summed E-state index contributed by atoms with van der Waals surface area (Å²) in [7, 11) is -9.83. The van der Waals surface area contributed by atoms with Gasteiger partial charge < -0.3 is 34.2 Å². The number of hydrogen-bond acceptors (Lipinski definition) is 14. The Labute approximate surface area is 611 Å². The second-order valence-electron chi connectivity index (χ2n) is 24.7. The van der Waals surface area contributed by atoms with Crippen LogP contribution in [0.2, 0.25) is 0 Å². The van der Waals surface area contributed by atoms with E-state index in [2.05, 4.69) is 203 Å². The summed E-state index contributed by atoms with van der Waals surface area (Å²) in [5.41, 5.74) is 0. The summed E-state index contributed by atoms with van der Waals surface area (Å²) in [4.78, 5) is 58.6. The van der Waals surface area contributed by atoms with E-state index in [1.54, 1.807) is 0 Å². The van der Waals surface area contributed by atoms with E-state index in [1.165, 1.54) is 38.5 Å². The molecule has 572 valence electrons. The fraction of sp³-hybridized carbons (Fsp3) is 0.602. The summed E-state index contributed by atoms with van der Waals surface area (Å²) < 4.78 is 61.0. The predicted molar refractivity (Wildman–Crippen MR) is 417 cm³/mol. The van der Waals surface area contributed by atoms with Gasteiger partial charge in [0.05, 0.1) is 26.4 Å². The third kappa shape index (κ3) is 75.6. The number of ether oxygens (including phenoxy) is 3. The van der Waals surface area contributed by atoms with E-state index in [-0.39, 0.29) is 19.3 Å². The summed E-state index contributed by atoms with van der Waals surface area (Å²) in [5.74, 6) is -1.67. The molecule has 0 aromatic rings. The van der Waals surface area contributed by atoms with Crippen molar-refractivity contribution in [1.82, 2.24) is 0 Å². The van der Waals surface area contributed by atoms with E-state index >= 15 is 0 Å². The zero-order valence-electron chi connectivity index (χ0n) is 62.2. The smallest absolute Gasteiger partial charge is 0.463 e. The number of carbonyl (C=O) groups is 3. The molecule has 0 aliphatic rings. The average molecular weight is 1450 g/mol. The summed E-state index contributed by atoms with van der Waals surface area (Å²) in [5, 5.41) is 20.6. The molecule has 16 nitrogen and oxygen atoms in total. The van der Waals surface area contributed by atoms with Crippen LogP contribution < -0.4 is 0 Å². The van der Waals surface area contributed by atoms with E-state index in [1.807, 2.05) is 0 Å². The van der Waals surface area contributed by atoms with E-state index in [4.69, 9.17) is 32.3 Å². The maximum atomic E-state index is 13.0. The molecule has 5 atom stereocenters. The molecule has 0 saturated heterocycles. The largest absolute Gasteiger partial charge is 0.472 e. The van der Waals surface area contributed by atoms with E-state index in [0.717, 1.165) is 167 Å². The molecule has 18 heteroatoms. The Morgan fingerprint density at radius 1 is 0.277 bits per heavy atom. The van der Waals surface area contributed by atoms with Crippen LogP contribution >= 0.6 is 15.6 Å². The Morgan fingerprint density at radius 2 is 0.495 bits per heavy atom. The van der Waals surface area contributed by atoms with Crippen molar-refractivity contribution in [3.63, 3.8) is 0 Å². The van der Waals surface area contributed by atoms with Gasteiger partial charge in [-0.05, 0) is 154 Å². The first-order valence-electron chi connectivity index (χ1n) is 38.1. The number of hydrogen-bond donors (Lipinski definition) is 4. The summed E-state index contributed by atoms with van der Waals surface area (Å²) in [6.45, 7) is 2.23. The highest BCUT2D eigenvalue weighted by atomic mass is 31.2. The van der Waals surface area contributed by atoms with E-state index < -0.39 is 91.5 Å². The quantitative estimate of drug-likeness (QED) is 0.0146. The van der Waals surface area contributed by atoms with Crippen molar-refractivity contribution in [1.29, 1.82) is 0 Å². The second-order valence-corrected chi connectivity index (χ2v) is 27.6. The number of carbonyl (C=O) groups excluding carboxylic acids is 3. The first kappa shape index (κ1) is 95.6. The lowest BCUT2D eigenvalue weighted by atomic mass is 10.0. The third-order valence-corrected chi connectivity index (χ3v) is 17.0. The van der Waals surface area contributed by atoms with Gasteiger partial charge in [-0.3, -0.25) is 32.5 Å². The molecule has 101 heavy (non-hydrogen) atoms. The van der Waals surface area contributed by atoms with Crippen LogP contribution in [0.1, 0.15) is 265 Å². The fourth-order valence-electron chi connectivity index (χ4n) is 9.41. The van der Waals surface area contributed by atoms with Crippen LogP contribution in [-0.4, -0.2) is 95.9 Å². The van der Waals surface area contributed by atoms with Gasteiger partial charge in [0.2, 0.25) is 0 Å². The summed E-state index contributed by atoms with van der Waals surface area (Å²) >= 11 is 0. The molecular weight excluding hydrogens is 1310 g/mol. The topological polar surface area (TPSA) is 231 Å². The van der Waals surface area contributed by atoms with Crippen LogP contribution in [0.4, 0.5) is 0 Å². The van der Waals surface area contributed by atoms with Crippen molar-refractivity contribution >= 4 is 33.6 Å². The van der Waals surface area contributed by atoms with Gasteiger partial charge in [-0.1, -0.05) is 274 Å². The SMILES string of the molecule is CC/C=C\C/C=C\C/C=C\C/C=C\C/C=C\CCCCCCCCCCCCCC(=O)OCC(O)COP(=O)(O)OCC(O)COP(=O)(O)OCC(COC(=O)CCCCC/C=C\C/C=C\C/C=C\C/C=C\C/C=C\CC)OC(=O)CCCCC/C=C\C/C=C\C/C=C\C/C=C\C/C=C\CC. The predicted octanol–water partition coefficient (Wildman–Crippen LogP) is 22.2. The molecule has 0 radical (unpaired) electrons. The lowest BCUT2D eigenvalue weighted by Gasteiger charge is -2.21. The first-order chi connectivity index (χ1) is 49.2. The van der Waals surface area contributed by atoms with Crippen molar-refractivity contribution in [3.8, 4) is 0 Å². The van der Waals surface area contributed by atoms with Crippen molar-refractivity contribution in [3.05, 3.63) is 182 Å². The Balaban J connectivity index is 4.68. The average Bonchev–Trinajstić information content (AvgIpc) is 3.19. The number of rotatable bonds is 70. The Kier molecular flexibility index (Phi) is 70.4. The number of esters is 3. The van der Waals surface area contributed by atoms with Crippen molar-refractivity contribution in [2.75, 3.05) is 39.6 Å². The van der Waals surface area contributed by atoms with Gasteiger partial charge in [0.1, 0.15) is 25.4 Å². The maximum Gasteiger partial charge on any atom is 0.472 e. The van der Waals surface area contributed by atoms with E-state index in [9.17, 15) is 43.5 Å². The number of phosphoric acid groups is 2. The number of aliphatic hydroxyl groups is 2. The van der Waals surface area contributed by atoms with Crippen molar-refractivity contribution in [2.24, 2.45) is 0 Å². The molecule has 5 unspecified atom stereocenters. The Hall–Kier alpha value is -5.35. The highest BCUT2D eigenvalue weighted by Crippen LogP contribution is 2.45. The Morgan fingerprint density at radius 3 is 0.792 bits per heavy atom. The van der Waals surface area contributed by atoms with Crippen LogP contribution in [0, 0.1) is 0 Å². The molecule has 0 aliphatic carbocycles. The lowest BCUT2D eigenvalue weighted by Crippen LogP contribution is -2.30. The summed E-state index contributed by atoms with van der Waals surface area (Å²) in [6.07, 6.45) is 95.1. The molecule has 0 heterocycles. The summed E-state index contributed by atoms with van der Waals surface area (Å²) in [6, 6.07) is 0. The molecule has 4 N–H and O–H groups in total. The lowest BCUT2D eigenvalue weighted by molar-refractivity contribution is -0.161. The van der Waals surface area contributed by atoms with Gasteiger partial charge in [0.25, 0.3) is 0 Å². The van der Waals surface area contributed by atoms with Gasteiger partial charge in [0, 0.05) is 19.3 Å². The second kappa shape index (κ2) is 74.4. The van der Waals surface area contributed by atoms with Gasteiger partial charge in [-0.2, -0.15) is 0 Å². The maximum absolute atomic E-state index is 13.0. The van der Waals surface area contributed by atoms with Gasteiger partial charge >= 0.3 is 33.6 Å². The standard InChI is InChI=1S/C83H134O16P2/c1-4-7-10-13-16-19-22-25-28-31-34-35-36-37-38-39-40-41-44-46-48-51-54-57-60-63-66-69-81(86)93-72-78(84)73-95-100(89,90)96-74-79(85)75-97-101(91,92)98-77-80(99-83(88)71-68-65-62-59-56-53-50-47-43-33-30-27-24-21-18-15-12-9-6-3)76-94-82(87)70-67-64-61-58-55-52-49-45-42-32-29-26-23-20-17-14-11-8-5-2/h7-12,16-21,25-30,34-35,37-38,42-43,45,47,52-53,55-56,78-80,84-85H,4-6,13-15,22-24,31-33,36,39-41,44,46,48-51,54,57-77H2,1-3H3,(H,89,90)(H,91,92)/b10-7-,11-8-,12-9-,19-16-,20-17-,21-18-,28-25-,29-26-,30-27-,35-34-,38-37-,45-42-,47-43-,55-52-,56-53-. The first-order valence-corrected chi connectivity index (χ1v) is 41.1. The Bertz CT molecular complexity index is 2570. The zero-order valence-corrected chi connectivity index (χ0v) is 64.0. The monoisotopic (exact) mass is 1450 g/mol. The van der Waals surface area contributed by atoms with Gasteiger partial charge in [-0.15, -0.1) is 0 Å². The van der Waals surface area contributed by atoms with Crippen LogP contribution in [0.5, 0.6) is 0 Å². The normalized spacial score (nSPS) is 15.0. The minimum atomic E-state index is -4.96. The van der Waals surface area contributed by atoms with Crippen LogP contribution in [0.15, 0.2) is 182 Å². The molecular formula is C83H134O16P2. The fourth-order valence-corrected chi connectivity index (χ4v) is 11.0. The number of allylic oxidation sites excluding steroid dienone is 30. The molecule has 0 aromatic heterocycles. The molecule has 0 aromatic carbocycles. The van der Waals surface area contributed by atoms with Crippen LogP contribution in [-0.2, 0) is 55.8 Å². The van der Waals surface area contributed by atoms with Gasteiger partial charge in [-0.25, -0.2) is 9.13 Å². The zero-order chi connectivity index (χ0) is 73.7. The molecule has 0 aliphatic heterocycles. The van der Waals surface area contributed by atoms with Crippen LogP contribution in [0.25, 0.3) is 0 Å². The van der Waals surface area contributed by atoms with Crippen LogP contribution in [0.3, 0.4) is 0 Å². The van der Waals surface area contributed by atoms with Gasteiger partial charge in [0.15, 0.2) is 6.10 Å². The molecule has 0 saturated carbocycles. The molecule has 0 fully saturated rings. The number of unbranched alkanes of at least 4 members (excludes halogenated alkanes) is 17.